The van der Waals surface area contributed by atoms with Gasteiger partial charge in [-0.1, -0.05) is 66.7 Å². The van der Waals surface area contributed by atoms with Gasteiger partial charge in [-0.15, -0.1) is 0 Å². The quantitative estimate of drug-likeness (QED) is 0.196. The lowest BCUT2D eigenvalue weighted by atomic mass is 9.93. The summed E-state index contributed by atoms with van der Waals surface area (Å²) in [7, 11) is -3.63. The number of sulfonamides is 1. The van der Waals surface area contributed by atoms with E-state index in [1.165, 1.54) is 24.3 Å². The molecule has 4 N–H and O–H groups in total. The molecule has 10 heteroatoms. The Morgan fingerprint density at radius 3 is 2.29 bits per heavy atom. The predicted octanol–water partition coefficient (Wildman–Crippen LogP) is 5.13. The molecule has 1 unspecified atom stereocenters. The van der Waals surface area contributed by atoms with E-state index >= 15 is 0 Å². The molecule has 0 fully saturated rings. The number of aliphatic hydroxyl groups excluding tert-OH is 1. The van der Waals surface area contributed by atoms with Gasteiger partial charge >= 0.3 is 6.61 Å². The van der Waals surface area contributed by atoms with Gasteiger partial charge in [-0.05, 0) is 46.7 Å². The highest BCUT2D eigenvalue weighted by Gasteiger charge is 2.20. The highest BCUT2D eigenvalue weighted by atomic mass is 32.2. The van der Waals surface area contributed by atoms with E-state index in [0.29, 0.717) is 17.4 Å². The van der Waals surface area contributed by atoms with Crippen LogP contribution in [0.3, 0.4) is 0 Å². The number of hydrogen-bond donors (Lipinski definition) is 4. The lowest BCUT2D eigenvalue weighted by Crippen LogP contribution is -2.28. The molecule has 38 heavy (non-hydrogen) atoms. The molecule has 4 aromatic rings. The molecule has 0 bridgehead atoms. The number of anilines is 1. The molecule has 0 aliphatic carbocycles. The number of ether oxygens (including phenoxy) is 1. The van der Waals surface area contributed by atoms with Crippen molar-refractivity contribution in [2.75, 3.05) is 17.5 Å². The third kappa shape index (κ3) is 6.97. The first kappa shape index (κ1) is 27.3. The molecule has 4 rings (SSSR count). The Balaban J connectivity index is 1.64. The van der Waals surface area contributed by atoms with E-state index < -0.39 is 22.7 Å². The number of nitrogens with one attached hydrogen (secondary N) is 2. The Morgan fingerprint density at radius 1 is 0.921 bits per heavy atom. The van der Waals surface area contributed by atoms with Crippen molar-refractivity contribution in [1.82, 2.24) is 5.32 Å². The lowest BCUT2D eigenvalue weighted by Gasteiger charge is -2.24. The topological polar surface area (TPSA) is 108 Å². The minimum absolute atomic E-state index is 0.0366. The van der Waals surface area contributed by atoms with Gasteiger partial charge in [0, 0.05) is 18.0 Å². The van der Waals surface area contributed by atoms with E-state index in [0.717, 1.165) is 22.8 Å². The van der Waals surface area contributed by atoms with Crippen LogP contribution in [0.1, 0.15) is 28.8 Å². The second-order valence-electron chi connectivity index (χ2n) is 8.89. The number of benzene rings is 4. The van der Waals surface area contributed by atoms with Crippen LogP contribution >= 0.6 is 0 Å². The van der Waals surface area contributed by atoms with Crippen molar-refractivity contribution in [3.05, 3.63) is 102 Å². The minimum atomic E-state index is -3.63. The summed E-state index contributed by atoms with van der Waals surface area (Å²) in [6, 6.07) is 24.0. The zero-order valence-electron chi connectivity index (χ0n) is 20.5. The zero-order chi connectivity index (χ0) is 27.3. The van der Waals surface area contributed by atoms with Gasteiger partial charge < -0.3 is 20.3 Å². The van der Waals surface area contributed by atoms with Gasteiger partial charge in [-0.3, -0.25) is 4.72 Å². The molecule has 7 nitrogen and oxygen atoms in total. The fraction of sp³-hybridized carbons (Fsp3) is 0.214. The van der Waals surface area contributed by atoms with Gasteiger partial charge in [0.15, 0.2) is 0 Å². The molecule has 0 saturated heterocycles. The van der Waals surface area contributed by atoms with Crippen LogP contribution in [-0.4, -0.2) is 38.0 Å². The van der Waals surface area contributed by atoms with Crippen LogP contribution in [0, 0.1) is 0 Å². The zero-order valence-corrected chi connectivity index (χ0v) is 21.3. The van der Waals surface area contributed by atoms with Crippen molar-refractivity contribution in [1.29, 1.82) is 0 Å². The summed E-state index contributed by atoms with van der Waals surface area (Å²) in [5.41, 5.74) is 2.22. The minimum Gasteiger partial charge on any atom is -0.506 e. The molecule has 0 radical (unpaired) electrons. The second kappa shape index (κ2) is 11.8. The van der Waals surface area contributed by atoms with Crippen LogP contribution in [0.2, 0.25) is 0 Å². The number of phenols is 1. The molecule has 0 spiro atoms. The molecule has 0 aromatic heterocycles. The number of aliphatic hydroxyl groups is 1. The maximum absolute atomic E-state index is 13.0. The van der Waals surface area contributed by atoms with Crippen molar-refractivity contribution in [3.8, 4) is 11.5 Å². The van der Waals surface area contributed by atoms with Crippen LogP contribution in [0.25, 0.3) is 10.8 Å². The molecule has 0 heterocycles. The number of hydrogen-bond acceptors (Lipinski definition) is 6. The molecule has 4 aromatic carbocycles. The Hall–Kier alpha value is -3.73. The summed E-state index contributed by atoms with van der Waals surface area (Å²) in [6.07, 6.45) is 0.470. The number of alkyl halides is 2. The number of phenolic OH excluding ortho intramolecular Hbond substituents is 1. The van der Waals surface area contributed by atoms with Gasteiger partial charge in [-0.25, -0.2) is 8.42 Å². The summed E-state index contributed by atoms with van der Waals surface area (Å²) < 4.78 is 56.2. The largest absolute Gasteiger partial charge is 0.506 e. The van der Waals surface area contributed by atoms with Crippen molar-refractivity contribution in [2.24, 2.45) is 0 Å². The molecule has 200 valence electrons. The highest BCUT2D eigenvalue weighted by Crippen LogP contribution is 2.34. The van der Waals surface area contributed by atoms with Crippen LogP contribution in [0.4, 0.5) is 14.5 Å². The second-order valence-corrected chi connectivity index (χ2v) is 10.6. The van der Waals surface area contributed by atoms with E-state index in [9.17, 15) is 27.4 Å². The van der Waals surface area contributed by atoms with E-state index in [1.54, 1.807) is 18.2 Å². The average Bonchev–Trinajstić information content (AvgIpc) is 2.87. The fourth-order valence-electron chi connectivity index (χ4n) is 4.35. The van der Waals surface area contributed by atoms with Gasteiger partial charge in [0.25, 0.3) is 0 Å². The first-order chi connectivity index (χ1) is 18.1. The van der Waals surface area contributed by atoms with Gasteiger partial charge in [0.1, 0.15) is 11.5 Å². The predicted molar refractivity (Wildman–Crippen MR) is 143 cm³/mol. The summed E-state index contributed by atoms with van der Waals surface area (Å²) >= 11 is 0. The molecular weight excluding hydrogens is 514 g/mol. The maximum atomic E-state index is 13.0. The number of rotatable bonds is 11. The van der Waals surface area contributed by atoms with E-state index in [1.807, 2.05) is 42.5 Å². The van der Waals surface area contributed by atoms with Crippen LogP contribution in [-0.2, 0) is 16.4 Å². The lowest BCUT2D eigenvalue weighted by molar-refractivity contribution is -0.0488. The molecule has 0 amide bonds. The van der Waals surface area contributed by atoms with Crippen molar-refractivity contribution in [2.45, 2.75) is 25.2 Å². The first-order valence-corrected chi connectivity index (χ1v) is 13.7. The smallest absolute Gasteiger partial charge is 0.387 e. The Morgan fingerprint density at radius 2 is 1.61 bits per heavy atom. The molecule has 2 atom stereocenters. The summed E-state index contributed by atoms with van der Waals surface area (Å²) in [5.74, 6) is -0.188. The number of aromatic hydroxyl groups is 1. The maximum Gasteiger partial charge on any atom is 0.387 e. The van der Waals surface area contributed by atoms with Crippen molar-refractivity contribution in [3.63, 3.8) is 0 Å². The molecule has 0 aliphatic heterocycles. The molecular formula is C28H28F2N2O5S. The third-order valence-electron chi connectivity index (χ3n) is 6.05. The van der Waals surface area contributed by atoms with Crippen LogP contribution in [0.15, 0.2) is 84.9 Å². The fourth-order valence-corrected chi connectivity index (χ4v) is 4.92. The van der Waals surface area contributed by atoms with Gasteiger partial charge in [0.05, 0.1) is 18.0 Å². The Bertz CT molecular complexity index is 1500. The van der Waals surface area contributed by atoms with E-state index in [4.69, 9.17) is 4.74 Å². The van der Waals surface area contributed by atoms with Gasteiger partial charge in [-0.2, -0.15) is 8.78 Å². The SMILES string of the molecule is CS(=O)(=O)Nc1cc([C@@H](O)CNC(Cc2ccccc2)c2ccc(OC(F)F)c3ccccc23)ccc1O. The summed E-state index contributed by atoms with van der Waals surface area (Å²) in [4.78, 5) is 0. The highest BCUT2D eigenvalue weighted by molar-refractivity contribution is 7.92. The van der Waals surface area contributed by atoms with Crippen LogP contribution < -0.4 is 14.8 Å². The van der Waals surface area contributed by atoms with E-state index in [2.05, 4.69) is 10.0 Å². The van der Waals surface area contributed by atoms with Crippen molar-refractivity contribution >= 4 is 26.5 Å². The van der Waals surface area contributed by atoms with Gasteiger partial charge in [0.2, 0.25) is 10.0 Å². The Labute approximate surface area is 219 Å². The van der Waals surface area contributed by atoms with E-state index in [-0.39, 0.29) is 29.8 Å². The molecule has 0 saturated carbocycles. The summed E-state index contributed by atoms with van der Waals surface area (Å²) in [6.45, 7) is -2.87. The monoisotopic (exact) mass is 542 g/mol. The summed E-state index contributed by atoms with van der Waals surface area (Å²) in [5, 5.41) is 25.6. The third-order valence-corrected chi connectivity index (χ3v) is 6.64. The van der Waals surface area contributed by atoms with Crippen LogP contribution in [0.5, 0.6) is 11.5 Å². The number of fused-ring (bicyclic) bond motifs is 1. The standard InChI is InChI=1S/C28H28F2N2O5S/c1-38(35,36)32-24-16-19(11-13-25(24)33)26(34)17-31-23(15-18-7-3-2-4-8-18)21-12-14-27(37-28(29)30)22-10-6-5-9-20(21)22/h2-14,16,23,26,28,31-34H,15,17H2,1H3/t23?,26-/m0/s1. The first-order valence-electron chi connectivity index (χ1n) is 11.8. The molecule has 0 aliphatic rings. The number of halogens is 2. The van der Waals surface area contributed by atoms with Crippen molar-refractivity contribution < 1.29 is 32.1 Å². The Kier molecular flexibility index (Phi) is 8.45. The average molecular weight is 543 g/mol. The normalized spacial score (nSPS) is 13.4.